The molecule has 1 N–H and O–H groups in total. The molecule has 0 bridgehead atoms. The summed E-state index contributed by atoms with van der Waals surface area (Å²) < 4.78 is 5.17. The molecule has 2 aromatic heterocycles. The molecule has 1 aliphatic rings. The average molecular weight is 364 g/mol. The number of carbonyl (C=O) groups excluding carboxylic acids is 1. The van der Waals surface area contributed by atoms with Gasteiger partial charge in [0.1, 0.15) is 11.1 Å². The normalized spacial score (nSPS) is 13.7. The molecule has 6 heteroatoms. The van der Waals surface area contributed by atoms with Crippen LogP contribution in [0.2, 0.25) is 0 Å². The van der Waals surface area contributed by atoms with Gasteiger partial charge in [-0.25, -0.2) is 4.79 Å². The minimum atomic E-state index is -0.546. The van der Waals surface area contributed by atoms with E-state index in [0.717, 1.165) is 37.7 Å². The van der Waals surface area contributed by atoms with Gasteiger partial charge in [-0.1, -0.05) is 24.6 Å². The summed E-state index contributed by atoms with van der Waals surface area (Å²) in [6, 6.07) is 10.8. The molecule has 2 heterocycles. The van der Waals surface area contributed by atoms with E-state index in [1.165, 1.54) is 16.2 Å². The zero-order chi connectivity index (χ0) is 18.1. The number of nitrogens with zero attached hydrogens (tertiary/aromatic N) is 1. The first-order valence-corrected chi connectivity index (χ1v) is 9.38. The van der Waals surface area contributed by atoms with Crippen molar-refractivity contribution in [1.29, 1.82) is 5.26 Å². The second-order valence-electron chi connectivity index (χ2n) is 6.32. The van der Waals surface area contributed by atoms with Gasteiger partial charge in [0.25, 0.3) is 5.91 Å². The Morgan fingerprint density at radius 2 is 2.00 bits per heavy atom. The van der Waals surface area contributed by atoms with Crippen molar-refractivity contribution in [3.8, 4) is 6.07 Å². The number of rotatable bonds is 2. The molecule has 0 saturated heterocycles. The monoisotopic (exact) mass is 364 g/mol. The summed E-state index contributed by atoms with van der Waals surface area (Å²) in [5, 5.41) is 14.0. The highest BCUT2D eigenvalue weighted by Gasteiger charge is 2.22. The number of fused-ring (bicyclic) bond motifs is 2. The molecular formula is C20H16N2O3S. The first-order valence-electron chi connectivity index (χ1n) is 8.56. The average Bonchev–Trinajstić information content (AvgIpc) is 2.81. The molecule has 4 rings (SSSR count). The van der Waals surface area contributed by atoms with Gasteiger partial charge in [0, 0.05) is 4.88 Å². The van der Waals surface area contributed by atoms with Crippen molar-refractivity contribution >= 4 is 33.0 Å². The topological polar surface area (TPSA) is 83.1 Å². The van der Waals surface area contributed by atoms with Crippen LogP contribution in [0.15, 0.2) is 39.5 Å². The molecule has 0 radical (unpaired) electrons. The lowest BCUT2D eigenvalue weighted by atomic mass is 10.1. The Morgan fingerprint density at radius 3 is 2.85 bits per heavy atom. The van der Waals surface area contributed by atoms with Crippen molar-refractivity contribution in [1.82, 2.24) is 0 Å². The van der Waals surface area contributed by atoms with E-state index in [1.807, 2.05) is 0 Å². The molecule has 1 aliphatic carbocycles. The van der Waals surface area contributed by atoms with E-state index in [0.29, 0.717) is 21.3 Å². The van der Waals surface area contributed by atoms with Gasteiger partial charge in [-0.3, -0.25) is 4.79 Å². The molecule has 0 spiro atoms. The van der Waals surface area contributed by atoms with Gasteiger partial charge in [0.15, 0.2) is 5.76 Å². The SMILES string of the molecule is N#Cc1c(NC(=O)c2cc3ccccc3c(=O)o2)sc2c1CCCCC2. The van der Waals surface area contributed by atoms with Crippen molar-refractivity contribution in [3.63, 3.8) is 0 Å². The van der Waals surface area contributed by atoms with Crippen LogP contribution in [0.5, 0.6) is 0 Å². The zero-order valence-corrected chi connectivity index (χ0v) is 14.8. The fourth-order valence-corrected chi connectivity index (χ4v) is 4.59. The molecule has 0 fully saturated rings. The number of nitrogens with one attached hydrogen (secondary N) is 1. The van der Waals surface area contributed by atoms with E-state index >= 15 is 0 Å². The van der Waals surface area contributed by atoms with Crippen molar-refractivity contribution in [3.05, 3.63) is 62.5 Å². The lowest BCUT2D eigenvalue weighted by molar-refractivity contribution is 0.0993. The van der Waals surface area contributed by atoms with E-state index < -0.39 is 11.5 Å². The number of nitriles is 1. The van der Waals surface area contributed by atoms with E-state index in [2.05, 4.69) is 11.4 Å². The van der Waals surface area contributed by atoms with Crippen LogP contribution in [0.1, 0.15) is 45.8 Å². The number of amides is 1. The number of anilines is 1. The molecule has 5 nitrogen and oxygen atoms in total. The van der Waals surface area contributed by atoms with Gasteiger partial charge in [-0.15, -0.1) is 11.3 Å². The molecule has 1 amide bonds. The minimum Gasteiger partial charge on any atom is -0.417 e. The van der Waals surface area contributed by atoms with Crippen LogP contribution in [0.4, 0.5) is 5.00 Å². The fraction of sp³-hybridized carbons (Fsp3) is 0.250. The van der Waals surface area contributed by atoms with Crippen LogP contribution >= 0.6 is 11.3 Å². The summed E-state index contributed by atoms with van der Waals surface area (Å²) in [7, 11) is 0. The van der Waals surface area contributed by atoms with Crippen molar-refractivity contribution in [2.45, 2.75) is 32.1 Å². The third-order valence-electron chi connectivity index (χ3n) is 4.65. The van der Waals surface area contributed by atoms with Crippen LogP contribution < -0.4 is 10.9 Å². The highest BCUT2D eigenvalue weighted by atomic mass is 32.1. The Bertz CT molecular complexity index is 1100. The maximum Gasteiger partial charge on any atom is 0.344 e. The number of benzene rings is 1. The molecule has 0 saturated carbocycles. The van der Waals surface area contributed by atoms with Gasteiger partial charge in [0.05, 0.1) is 10.9 Å². The molecule has 1 aromatic carbocycles. The van der Waals surface area contributed by atoms with E-state index in [1.54, 1.807) is 30.3 Å². The fourth-order valence-electron chi connectivity index (χ4n) is 3.36. The van der Waals surface area contributed by atoms with Crippen molar-refractivity contribution in [2.75, 3.05) is 5.32 Å². The van der Waals surface area contributed by atoms with Gasteiger partial charge in [-0.2, -0.15) is 5.26 Å². The van der Waals surface area contributed by atoms with Crippen LogP contribution in [0, 0.1) is 11.3 Å². The van der Waals surface area contributed by atoms with Crippen molar-refractivity contribution in [2.24, 2.45) is 0 Å². The Balaban J connectivity index is 1.69. The van der Waals surface area contributed by atoms with Crippen LogP contribution in [0.25, 0.3) is 10.8 Å². The molecule has 3 aromatic rings. The lowest BCUT2D eigenvalue weighted by Gasteiger charge is -2.04. The molecular weight excluding hydrogens is 348 g/mol. The number of hydrogen-bond acceptors (Lipinski definition) is 5. The standard InChI is InChI=1S/C20H16N2O3S/c21-11-15-14-8-2-1-3-9-17(14)26-19(15)22-18(23)16-10-12-6-4-5-7-13(12)20(24)25-16/h4-7,10H,1-3,8-9H2,(H,22,23). The number of thiophene rings is 1. The second-order valence-corrected chi connectivity index (χ2v) is 7.43. The van der Waals surface area contributed by atoms with E-state index in [4.69, 9.17) is 4.42 Å². The third kappa shape index (κ3) is 2.91. The van der Waals surface area contributed by atoms with Crippen LogP contribution in [-0.4, -0.2) is 5.91 Å². The predicted molar refractivity (Wildman–Crippen MR) is 101 cm³/mol. The molecule has 26 heavy (non-hydrogen) atoms. The maximum atomic E-state index is 12.6. The first-order chi connectivity index (χ1) is 12.7. The number of aryl methyl sites for hydroxylation is 1. The number of carbonyl (C=O) groups is 1. The summed E-state index contributed by atoms with van der Waals surface area (Å²) in [5.74, 6) is -0.568. The quantitative estimate of drug-likeness (QED) is 0.689. The van der Waals surface area contributed by atoms with Crippen LogP contribution in [0.3, 0.4) is 0 Å². The van der Waals surface area contributed by atoms with E-state index in [9.17, 15) is 14.9 Å². The first kappa shape index (κ1) is 16.6. The highest BCUT2D eigenvalue weighted by Crippen LogP contribution is 2.37. The van der Waals surface area contributed by atoms with Gasteiger partial charge >= 0.3 is 5.63 Å². The highest BCUT2D eigenvalue weighted by molar-refractivity contribution is 7.16. The second kappa shape index (κ2) is 6.77. The lowest BCUT2D eigenvalue weighted by Crippen LogP contribution is -2.15. The number of hydrogen-bond donors (Lipinski definition) is 1. The minimum absolute atomic E-state index is 0.0545. The molecule has 0 unspecified atom stereocenters. The Morgan fingerprint density at radius 1 is 1.19 bits per heavy atom. The predicted octanol–water partition coefficient (Wildman–Crippen LogP) is 4.25. The molecule has 0 atom stereocenters. The maximum absolute atomic E-state index is 12.6. The summed E-state index contributed by atoms with van der Waals surface area (Å²) in [5.41, 5.74) is 1.06. The van der Waals surface area contributed by atoms with Crippen molar-refractivity contribution < 1.29 is 9.21 Å². The largest absolute Gasteiger partial charge is 0.417 e. The van der Waals surface area contributed by atoms with Gasteiger partial charge in [0.2, 0.25) is 0 Å². The van der Waals surface area contributed by atoms with Gasteiger partial charge in [-0.05, 0) is 48.8 Å². The van der Waals surface area contributed by atoms with Gasteiger partial charge < -0.3 is 9.73 Å². The molecule has 0 aliphatic heterocycles. The zero-order valence-electron chi connectivity index (χ0n) is 14.0. The van der Waals surface area contributed by atoms with Crippen LogP contribution in [-0.2, 0) is 12.8 Å². The Kier molecular flexibility index (Phi) is 4.31. The Hall–Kier alpha value is -2.91. The third-order valence-corrected chi connectivity index (χ3v) is 5.86. The smallest absolute Gasteiger partial charge is 0.344 e. The summed E-state index contributed by atoms with van der Waals surface area (Å²) in [4.78, 5) is 25.9. The summed E-state index contributed by atoms with van der Waals surface area (Å²) >= 11 is 1.46. The summed E-state index contributed by atoms with van der Waals surface area (Å²) in [6.07, 6.45) is 5.14. The summed E-state index contributed by atoms with van der Waals surface area (Å²) in [6.45, 7) is 0. The van der Waals surface area contributed by atoms with E-state index in [-0.39, 0.29) is 5.76 Å². The molecule has 130 valence electrons. The Labute approximate surface area is 153 Å².